The van der Waals surface area contributed by atoms with Crippen molar-refractivity contribution in [1.82, 2.24) is 5.32 Å². The molecule has 0 saturated heterocycles. The number of ether oxygens (including phenoxy) is 2. The number of rotatable bonds is 6. The minimum absolute atomic E-state index is 0.291. The molecule has 2 aliphatic rings. The number of carboxylic acids is 2. The Bertz CT molecular complexity index is 936. The largest absolute Gasteiger partial charge is 0.481 e. The number of aliphatic carboxylic acids is 2. The second kappa shape index (κ2) is 10.9. The molecule has 2 heterocycles. The van der Waals surface area contributed by atoms with Gasteiger partial charge >= 0.3 is 11.9 Å². The Morgan fingerprint density at radius 1 is 1.03 bits per heavy atom. The molecule has 2 aromatic rings. The maximum absolute atomic E-state index is 9.64. The fourth-order valence-corrected chi connectivity index (χ4v) is 3.71. The van der Waals surface area contributed by atoms with E-state index in [1.165, 1.54) is 11.1 Å². The highest BCUT2D eigenvalue weighted by Crippen LogP contribution is 2.37. The van der Waals surface area contributed by atoms with Crippen molar-refractivity contribution in [3.8, 4) is 11.5 Å². The molecule has 2 aliphatic heterocycles. The monoisotopic (exact) mass is 448 g/mol. The molecule has 0 atom stereocenters. The highest BCUT2D eigenvalue weighted by Gasteiger charge is 2.19. The van der Waals surface area contributed by atoms with Gasteiger partial charge in [0.1, 0.15) is 0 Å². The van der Waals surface area contributed by atoms with E-state index in [2.05, 4.69) is 22.8 Å². The maximum Gasteiger partial charge on any atom is 0.303 e. The van der Waals surface area contributed by atoms with Gasteiger partial charge in [-0.15, -0.1) is 0 Å². The Morgan fingerprint density at radius 2 is 1.77 bits per heavy atom. The molecule has 0 aliphatic carbocycles. The van der Waals surface area contributed by atoms with E-state index in [9.17, 15) is 9.59 Å². The fraction of sp³-hybridized carbons (Fsp3) is 0.364. The average Bonchev–Trinajstić information content (AvgIpc) is 3.10. The summed E-state index contributed by atoms with van der Waals surface area (Å²) in [5.41, 5.74) is 4.83. The number of anilines is 1. The van der Waals surface area contributed by atoms with Crippen molar-refractivity contribution in [3.05, 3.63) is 52.0 Å². The molecule has 0 spiro atoms. The van der Waals surface area contributed by atoms with Crippen molar-refractivity contribution in [3.63, 3.8) is 0 Å². The van der Waals surface area contributed by atoms with E-state index in [0.717, 1.165) is 53.7 Å². The van der Waals surface area contributed by atoms with Crippen LogP contribution < -0.4 is 20.1 Å². The standard InChI is InChI=1S/C18H19ClN2O2.C4H6O4/c19-15-5-4-12-6-8-20-9-7-14(12)17(15)21-10-13-2-1-3-16-18(13)23-11-22-16;5-3(6)1-2-4(7)8/h1-5,20-21H,6-11H2;1-2H2,(H,5,6)(H,7,8). The van der Waals surface area contributed by atoms with Crippen LogP contribution in [0.1, 0.15) is 29.5 Å². The van der Waals surface area contributed by atoms with E-state index in [1.807, 2.05) is 18.2 Å². The first-order valence-electron chi connectivity index (χ1n) is 10.0. The Balaban J connectivity index is 0.000000293. The zero-order valence-corrected chi connectivity index (χ0v) is 17.7. The lowest BCUT2D eigenvalue weighted by atomic mass is 10.0. The molecule has 31 heavy (non-hydrogen) atoms. The molecular weight excluding hydrogens is 424 g/mol. The molecule has 4 rings (SSSR count). The minimum Gasteiger partial charge on any atom is -0.481 e. The van der Waals surface area contributed by atoms with Gasteiger partial charge in [-0.3, -0.25) is 9.59 Å². The molecular formula is C22H25ClN2O6. The van der Waals surface area contributed by atoms with Gasteiger partial charge < -0.3 is 30.3 Å². The first kappa shape index (κ1) is 22.7. The number of hydrogen-bond acceptors (Lipinski definition) is 6. The minimum atomic E-state index is -1.08. The molecule has 0 unspecified atom stereocenters. The predicted molar refractivity (Wildman–Crippen MR) is 116 cm³/mol. The third-order valence-electron chi connectivity index (χ3n) is 4.97. The smallest absolute Gasteiger partial charge is 0.303 e. The lowest BCUT2D eigenvalue weighted by Crippen LogP contribution is -2.16. The van der Waals surface area contributed by atoms with Crippen LogP contribution in [0.2, 0.25) is 5.02 Å². The molecule has 166 valence electrons. The van der Waals surface area contributed by atoms with Crippen LogP contribution in [0.25, 0.3) is 0 Å². The summed E-state index contributed by atoms with van der Waals surface area (Å²) in [6, 6.07) is 10.1. The summed E-state index contributed by atoms with van der Waals surface area (Å²) in [4.78, 5) is 19.3. The second-order valence-corrected chi connectivity index (χ2v) is 7.51. The molecule has 9 heteroatoms. The van der Waals surface area contributed by atoms with E-state index in [-0.39, 0.29) is 12.8 Å². The molecule has 2 aromatic carbocycles. The summed E-state index contributed by atoms with van der Waals surface area (Å²) in [6.07, 6.45) is 1.44. The molecule has 0 fully saturated rings. The number of fused-ring (bicyclic) bond motifs is 2. The Kier molecular flexibility index (Phi) is 7.97. The Hall–Kier alpha value is -2.97. The van der Waals surface area contributed by atoms with E-state index >= 15 is 0 Å². The van der Waals surface area contributed by atoms with Gasteiger partial charge in [0.05, 0.1) is 23.6 Å². The first-order chi connectivity index (χ1) is 15.0. The van der Waals surface area contributed by atoms with Gasteiger partial charge in [0, 0.05) is 12.1 Å². The third-order valence-corrected chi connectivity index (χ3v) is 5.28. The molecule has 4 N–H and O–H groups in total. The van der Waals surface area contributed by atoms with E-state index in [0.29, 0.717) is 13.3 Å². The SMILES string of the molecule is Clc1ccc2c(c1NCc1cccc3c1OCO3)CCNCC2.O=C(O)CCC(=O)O. The van der Waals surface area contributed by atoms with Crippen LogP contribution >= 0.6 is 11.6 Å². The summed E-state index contributed by atoms with van der Waals surface area (Å²) < 4.78 is 11.0. The van der Waals surface area contributed by atoms with Gasteiger partial charge in [-0.2, -0.15) is 0 Å². The Labute approximate surface area is 185 Å². The fourth-order valence-electron chi connectivity index (χ4n) is 3.46. The Morgan fingerprint density at radius 3 is 2.52 bits per heavy atom. The van der Waals surface area contributed by atoms with Crippen LogP contribution in [0, 0.1) is 0 Å². The number of carbonyl (C=O) groups is 2. The van der Waals surface area contributed by atoms with Crippen LogP contribution in [0.5, 0.6) is 11.5 Å². The first-order valence-corrected chi connectivity index (χ1v) is 10.4. The number of para-hydroxylation sites is 1. The number of hydrogen-bond donors (Lipinski definition) is 4. The lowest BCUT2D eigenvalue weighted by molar-refractivity contribution is -0.143. The van der Waals surface area contributed by atoms with Crippen molar-refractivity contribution in [2.24, 2.45) is 0 Å². The number of nitrogens with one attached hydrogen (secondary N) is 2. The number of carboxylic acid groups (broad SMARTS) is 2. The summed E-state index contributed by atoms with van der Waals surface area (Å²) in [5.74, 6) is -0.508. The average molecular weight is 449 g/mol. The zero-order chi connectivity index (χ0) is 22.2. The van der Waals surface area contributed by atoms with Crippen LogP contribution in [0.3, 0.4) is 0 Å². The highest BCUT2D eigenvalue weighted by molar-refractivity contribution is 6.33. The van der Waals surface area contributed by atoms with Gasteiger partial charge in [0.2, 0.25) is 6.79 Å². The summed E-state index contributed by atoms with van der Waals surface area (Å²) in [7, 11) is 0. The van der Waals surface area contributed by atoms with Crippen molar-refractivity contribution in [2.75, 3.05) is 25.2 Å². The van der Waals surface area contributed by atoms with Gasteiger partial charge in [-0.1, -0.05) is 29.8 Å². The number of halogens is 1. The van der Waals surface area contributed by atoms with Crippen molar-refractivity contribution >= 4 is 29.2 Å². The molecule has 0 aromatic heterocycles. The number of benzene rings is 2. The van der Waals surface area contributed by atoms with Crippen molar-refractivity contribution in [1.29, 1.82) is 0 Å². The van der Waals surface area contributed by atoms with E-state index < -0.39 is 11.9 Å². The normalized spacial score (nSPS) is 14.0. The van der Waals surface area contributed by atoms with Crippen LogP contribution in [0.4, 0.5) is 5.69 Å². The molecule has 8 nitrogen and oxygen atoms in total. The van der Waals surface area contributed by atoms with E-state index in [1.54, 1.807) is 0 Å². The van der Waals surface area contributed by atoms with Gasteiger partial charge in [0.15, 0.2) is 11.5 Å². The van der Waals surface area contributed by atoms with Crippen LogP contribution in [0.15, 0.2) is 30.3 Å². The lowest BCUT2D eigenvalue weighted by Gasteiger charge is -2.16. The summed E-state index contributed by atoms with van der Waals surface area (Å²) in [6.45, 7) is 2.96. The molecule has 0 radical (unpaired) electrons. The predicted octanol–water partition coefficient (Wildman–Crippen LogP) is 3.30. The summed E-state index contributed by atoms with van der Waals surface area (Å²) in [5, 5.41) is 23.5. The van der Waals surface area contributed by atoms with Crippen LogP contribution in [-0.2, 0) is 29.0 Å². The molecule has 0 saturated carbocycles. The molecule has 0 amide bonds. The maximum atomic E-state index is 9.64. The summed E-state index contributed by atoms with van der Waals surface area (Å²) >= 11 is 6.46. The van der Waals surface area contributed by atoms with E-state index in [4.69, 9.17) is 31.3 Å². The zero-order valence-electron chi connectivity index (χ0n) is 16.9. The highest BCUT2D eigenvalue weighted by atomic mass is 35.5. The van der Waals surface area contributed by atoms with Crippen molar-refractivity contribution in [2.45, 2.75) is 32.2 Å². The van der Waals surface area contributed by atoms with Gasteiger partial charge in [0.25, 0.3) is 0 Å². The quantitative estimate of drug-likeness (QED) is 0.531. The second-order valence-electron chi connectivity index (χ2n) is 7.10. The van der Waals surface area contributed by atoms with Crippen LogP contribution in [-0.4, -0.2) is 42.0 Å². The third kappa shape index (κ3) is 6.26. The topological polar surface area (TPSA) is 117 Å². The molecule has 0 bridgehead atoms. The van der Waals surface area contributed by atoms with Gasteiger partial charge in [-0.05, 0) is 49.2 Å². The van der Waals surface area contributed by atoms with Crippen molar-refractivity contribution < 1.29 is 29.3 Å². The van der Waals surface area contributed by atoms with Gasteiger partial charge in [-0.25, -0.2) is 0 Å².